The van der Waals surface area contributed by atoms with Crippen LogP contribution in [0.3, 0.4) is 0 Å². The summed E-state index contributed by atoms with van der Waals surface area (Å²) >= 11 is 0. The lowest BCUT2D eigenvalue weighted by atomic mass is 10.1. The molecule has 11 heteroatoms. The molecule has 2 aromatic rings. The van der Waals surface area contributed by atoms with Crippen LogP contribution in [0, 0.1) is 17.1 Å². The van der Waals surface area contributed by atoms with Crippen molar-refractivity contribution in [3.63, 3.8) is 0 Å². The number of sulfone groups is 1. The van der Waals surface area contributed by atoms with Gasteiger partial charge in [0.05, 0.1) is 16.5 Å². The van der Waals surface area contributed by atoms with Crippen molar-refractivity contribution in [1.29, 1.82) is 5.26 Å². The number of hydrogen-bond acceptors (Lipinski definition) is 6. The van der Waals surface area contributed by atoms with E-state index >= 15 is 0 Å². The number of hydrogen-bond donors (Lipinski definition) is 0. The van der Waals surface area contributed by atoms with E-state index in [4.69, 9.17) is 10.00 Å². The number of nitrogens with zero attached hydrogens (tertiary/aromatic N) is 1. The van der Waals surface area contributed by atoms with E-state index in [1.54, 1.807) is 6.07 Å². The lowest BCUT2D eigenvalue weighted by Crippen LogP contribution is -2.28. The summed E-state index contributed by atoms with van der Waals surface area (Å²) in [6.45, 7) is 0.817. The van der Waals surface area contributed by atoms with Crippen LogP contribution in [0.4, 0.5) is 17.6 Å². The van der Waals surface area contributed by atoms with Crippen LogP contribution < -0.4 is 4.74 Å². The number of nitriles is 1. The van der Waals surface area contributed by atoms with Crippen LogP contribution in [0.2, 0.25) is 0 Å². The van der Waals surface area contributed by atoms with Crippen molar-refractivity contribution in [2.75, 3.05) is 6.26 Å². The Labute approximate surface area is 168 Å². The highest BCUT2D eigenvalue weighted by molar-refractivity contribution is 7.90. The predicted octanol–water partition coefficient (Wildman–Crippen LogP) is 4.16. The van der Waals surface area contributed by atoms with Crippen molar-refractivity contribution < 1.29 is 40.2 Å². The van der Waals surface area contributed by atoms with Crippen LogP contribution in [0.1, 0.15) is 35.9 Å². The third-order valence-corrected chi connectivity index (χ3v) is 5.48. The summed E-state index contributed by atoms with van der Waals surface area (Å²) in [6, 6.07) is 6.33. The summed E-state index contributed by atoms with van der Waals surface area (Å²) in [5, 5.41) is 8.92. The summed E-state index contributed by atoms with van der Waals surface area (Å²) in [6.07, 6.45) is -4.85. The summed E-state index contributed by atoms with van der Waals surface area (Å²) in [4.78, 5) is 10.7. The first-order valence-electron chi connectivity index (χ1n) is 8.30. The Morgan fingerprint density at radius 3 is 2.43 bits per heavy atom. The number of carbonyl (C=O) groups excluding carboxylic acids is 1. The Morgan fingerprint density at radius 2 is 1.87 bits per heavy atom. The van der Waals surface area contributed by atoms with Crippen LogP contribution in [-0.4, -0.2) is 26.6 Å². The third-order valence-electron chi connectivity index (χ3n) is 4.32. The summed E-state index contributed by atoms with van der Waals surface area (Å²) in [7, 11) is -4.13. The molecule has 6 nitrogen and oxygen atoms in total. The molecule has 0 N–H and O–H groups in total. The van der Waals surface area contributed by atoms with Crippen molar-refractivity contribution in [3.8, 4) is 17.6 Å². The van der Waals surface area contributed by atoms with Crippen LogP contribution in [0.5, 0.6) is 11.5 Å². The van der Waals surface area contributed by atoms with E-state index in [0.717, 1.165) is 43.5 Å². The monoisotopic (exact) mass is 443 g/mol. The SMILES string of the molecule is CC(=O)O[C@H]1c2c(S(C)(=O)=O)ccc(Oc3cc(F)cc(C#N)c3)c2[C@@H](F)C1(F)F. The van der Waals surface area contributed by atoms with Crippen LogP contribution in [0.15, 0.2) is 35.2 Å². The quantitative estimate of drug-likeness (QED) is 0.521. The molecule has 2 atom stereocenters. The number of benzene rings is 2. The van der Waals surface area contributed by atoms with Gasteiger partial charge in [0.25, 0.3) is 0 Å². The van der Waals surface area contributed by atoms with Crippen molar-refractivity contribution in [2.24, 2.45) is 0 Å². The fourth-order valence-electron chi connectivity index (χ4n) is 3.17. The van der Waals surface area contributed by atoms with E-state index in [0.29, 0.717) is 0 Å². The molecule has 0 aromatic heterocycles. The molecular weight excluding hydrogens is 430 g/mol. The molecule has 2 aromatic carbocycles. The zero-order valence-electron chi connectivity index (χ0n) is 15.5. The van der Waals surface area contributed by atoms with E-state index < -0.39 is 61.6 Å². The number of alkyl halides is 3. The normalized spacial score (nSPS) is 19.6. The summed E-state index contributed by atoms with van der Waals surface area (Å²) in [5.74, 6) is -7.16. The molecule has 0 heterocycles. The van der Waals surface area contributed by atoms with Crippen molar-refractivity contribution in [2.45, 2.75) is 30.0 Å². The van der Waals surface area contributed by atoms with Crippen LogP contribution >= 0.6 is 0 Å². The Balaban J connectivity index is 2.25. The van der Waals surface area contributed by atoms with E-state index in [1.165, 1.54) is 0 Å². The molecule has 0 fully saturated rings. The molecule has 0 spiro atoms. The average Bonchev–Trinajstić information content (AvgIpc) is 2.81. The van der Waals surface area contributed by atoms with E-state index in [1.807, 2.05) is 0 Å². The number of esters is 1. The topological polar surface area (TPSA) is 93.5 Å². The van der Waals surface area contributed by atoms with Crippen molar-refractivity contribution in [1.82, 2.24) is 0 Å². The number of ether oxygens (including phenoxy) is 2. The zero-order valence-corrected chi connectivity index (χ0v) is 16.3. The second-order valence-corrected chi connectivity index (χ2v) is 8.56. The number of rotatable bonds is 4. The largest absolute Gasteiger partial charge is 0.457 e. The Bertz CT molecular complexity index is 1190. The van der Waals surface area contributed by atoms with Crippen LogP contribution in [-0.2, 0) is 19.4 Å². The fraction of sp³-hybridized carbons (Fsp3) is 0.263. The first kappa shape index (κ1) is 21.6. The number of halogens is 4. The first-order chi connectivity index (χ1) is 13.9. The molecule has 0 amide bonds. The van der Waals surface area contributed by atoms with Gasteiger partial charge in [-0.1, -0.05) is 0 Å². The van der Waals surface area contributed by atoms with E-state index in [2.05, 4.69) is 4.74 Å². The van der Waals surface area contributed by atoms with Gasteiger partial charge >= 0.3 is 11.9 Å². The van der Waals surface area contributed by atoms with Crippen molar-refractivity contribution >= 4 is 15.8 Å². The highest BCUT2D eigenvalue weighted by Gasteiger charge is 2.61. The van der Waals surface area contributed by atoms with Gasteiger partial charge in [0.1, 0.15) is 17.3 Å². The molecule has 158 valence electrons. The molecule has 0 aliphatic heterocycles. The Morgan fingerprint density at radius 1 is 1.20 bits per heavy atom. The molecule has 30 heavy (non-hydrogen) atoms. The highest BCUT2D eigenvalue weighted by Crippen LogP contribution is 2.58. The fourth-order valence-corrected chi connectivity index (χ4v) is 4.11. The van der Waals surface area contributed by atoms with Crippen molar-refractivity contribution in [3.05, 3.63) is 52.8 Å². The molecule has 1 aliphatic rings. The molecule has 0 saturated heterocycles. The highest BCUT2D eigenvalue weighted by atomic mass is 32.2. The number of carbonyl (C=O) groups is 1. The zero-order chi connectivity index (χ0) is 22.4. The molecule has 0 radical (unpaired) electrons. The minimum atomic E-state index is -4.29. The van der Waals surface area contributed by atoms with Gasteiger partial charge in [-0.15, -0.1) is 0 Å². The lowest BCUT2D eigenvalue weighted by Gasteiger charge is -2.21. The first-order valence-corrected chi connectivity index (χ1v) is 10.2. The number of fused-ring (bicyclic) bond motifs is 1. The van der Waals surface area contributed by atoms with E-state index in [9.17, 15) is 30.8 Å². The second kappa shape index (κ2) is 7.28. The predicted molar refractivity (Wildman–Crippen MR) is 94.0 cm³/mol. The maximum atomic E-state index is 14.8. The van der Waals surface area contributed by atoms with Gasteiger partial charge in [-0.05, 0) is 24.3 Å². The standard InChI is InChI=1S/C19H13F4NO5S/c1-9(25)28-18-16-14(30(2,26)27)4-3-13(15(16)17(21)19(18,22)23)29-12-6-10(8-24)5-11(20)7-12/h3-7,17-18H,1-2H3/t17-,18+/m1/s1. The smallest absolute Gasteiger partial charge is 0.323 e. The molecule has 0 saturated carbocycles. The maximum absolute atomic E-state index is 14.8. The van der Waals surface area contributed by atoms with Gasteiger partial charge in [0.15, 0.2) is 22.1 Å². The Kier molecular flexibility index (Phi) is 5.24. The maximum Gasteiger partial charge on any atom is 0.323 e. The van der Waals surface area contributed by atoms with Gasteiger partial charge in [-0.25, -0.2) is 17.2 Å². The minimum absolute atomic E-state index is 0.144. The van der Waals surface area contributed by atoms with Gasteiger partial charge in [-0.2, -0.15) is 14.0 Å². The molecule has 3 rings (SSSR count). The molecule has 1 aliphatic carbocycles. The third kappa shape index (κ3) is 3.70. The molecule has 0 bridgehead atoms. The average molecular weight is 443 g/mol. The van der Waals surface area contributed by atoms with E-state index in [-0.39, 0.29) is 11.3 Å². The summed E-state index contributed by atoms with van der Waals surface area (Å²) in [5.41, 5.74) is -1.73. The Hall–Kier alpha value is -3.13. The molecule has 0 unspecified atom stereocenters. The minimum Gasteiger partial charge on any atom is -0.457 e. The van der Waals surface area contributed by atoms with Gasteiger partial charge in [0.2, 0.25) is 0 Å². The van der Waals surface area contributed by atoms with Gasteiger partial charge < -0.3 is 9.47 Å². The van der Waals surface area contributed by atoms with Gasteiger partial charge in [-0.3, -0.25) is 4.79 Å². The van der Waals surface area contributed by atoms with Gasteiger partial charge in [0, 0.05) is 30.4 Å². The second-order valence-electron chi connectivity index (χ2n) is 6.58. The van der Waals surface area contributed by atoms with Crippen LogP contribution in [0.25, 0.3) is 0 Å². The molecular formula is C19H13F4NO5S. The lowest BCUT2D eigenvalue weighted by molar-refractivity contribution is -0.183. The summed E-state index contributed by atoms with van der Waals surface area (Å²) < 4.78 is 91.8.